The molecule has 104 valence electrons. The molecule has 0 amide bonds. The molecule has 0 atom stereocenters. The van der Waals surface area contributed by atoms with Gasteiger partial charge in [0, 0.05) is 17.8 Å². The summed E-state index contributed by atoms with van der Waals surface area (Å²) in [5.41, 5.74) is 1.04. The molecule has 0 radical (unpaired) electrons. The molecule has 0 aliphatic carbocycles. The van der Waals surface area contributed by atoms with Crippen molar-refractivity contribution in [1.29, 1.82) is 0 Å². The lowest BCUT2D eigenvalue weighted by atomic mass is 10.1. The van der Waals surface area contributed by atoms with E-state index in [4.69, 9.17) is 9.47 Å². The number of pyridine rings is 1. The van der Waals surface area contributed by atoms with Crippen molar-refractivity contribution < 1.29 is 18.7 Å². The first-order valence-corrected chi connectivity index (χ1v) is 6.01. The summed E-state index contributed by atoms with van der Waals surface area (Å²) in [7, 11) is 1.53. The summed E-state index contributed by atoms with van der Waals surface area (Å²) in [5, 5.41) is 0. The van der Waals surface area contributed by atoms with Crippen LogP contribution < -0.4 is 9.47 Å². The van der Waals surface area contributed by atoms with E-state index in [1.54, 1.807) is 18.2 Å². The number of hydrogen-bond acceptors (Lipinski definition) is 4. The van der Waals surface area contributed by atoms with Gasteiger partial charge in [0.1, 0.15) is 23.9 Å². The lowest BCUT2D eigenvalue weighted by Crippen LogP contribution is -2.02. The zero-order valence-electron chi connectivity index (χ0n) is 11.2. The van der Waals surface area contributed by atoms with E-state index in [1.165, 1.54) is 26.3 Å². The molecule has 2 aromatic rings. The number of rotatable bonds is 5. The second-order valence-corrected chi connectivity index (χ2v) is 4.22. The molecule has 0 aliphatic heterocycles. The topological polar surface area (TPSA) is 48.4 Å². The molecule has 0 saturated heterocycles. The molecular weight excluding hydrogens is 261 g/mol. The normalized spacial score (nSPS) is 10.2. The Kier molecular flexibility index (Phi) is 4.30. The van der Waals surface area contributed by atoms with Crippen LogP contribution in [0.25, 0.3) is 0 Å². The molecule has 1 heterocycles. The van der Waals surface area contributed by atoms with Crippen molar-refractivity contribution in [2.45, 2.75) is 13.5 Å². The number of carbonyl (C=O) groups excluding carboxylic acids is 1. The van der Waals surface area contributed by atoms with Crippen molar-refractivity contribution in [3.05, 3.63) is 53.6 Å². The number of Topliss-reactive ketones (excluding diaryl/α,β-unsaturated/α-hetero) is 1. The Bertz CT molecular complexity index is 628. The molecule has 2 rings (SSSR count). The molecule has 0 bridgehead atoms. The summed E-state index contributed by atoms with van der Waals surface area (Å²) in [6.07, 6.45) is 2.63. The average molecular weight is 275 g/mol. The smallest absolute Gasteiger partial charge is 0.163 e. The quantitative estimate of drug-likeness (QED) is 0.787. The van der Waals surface area contributed by atoms with E-state index >= 15 is 0 Å². The van der Waals surface area contributed by atoms with E-state index in [0.717, 1.165) is 6.20 Å². The van der Waals surface area contributed by atoms with Gasteiger partial charge in [0.2, 0.25) is 0 Å². The number of halogens is 1. The van der Waals surface area contributed by atoms with Crippen LogP contribution in [-0.2, 0) is 6.61 Å². The summed E-state index contributed by atoms with van der Waals surface area (Å²) in [5.74, 6) is 0.451. The lowest BCUT2D eigenvalue weighted by molar-refractivity contribution is 0.101. The SMILES string of the molecule is COc1ccc(C(C)=O)c(OCc2cncc(F)c2)c1. The Balaban J connectivity index is 2.21. The van der Waals surface area contributed by atoms with Gasteiger partial charge in [0.05, 0.1) is 18.9 Å². The number of ketones is 1. The van der Waals surface area contributed by atoms with Gasteiger partial charge in [-0.25, -0.2) is 4.39 Å². The summed E-state index contributed by atoms with van der Waals surface area (Å²) in [6, 6.07) is 6.29. The van der Waals surface area contributed by atoms with Crippen LogP contribution in [0, 0.1) is 5.82 Å². The van der Waals surface area contributed by atoms with E-state index in [1.807, 2.05) is 0 Å². The van der Waals surface area contributed by atoms with Crippen molar-refractivity contribution in [2.75, 3.05) is 7.11 Å². The first-order valence-electron chi connectivity index (χ1n) is 6.01. The van der Waals surface area contributed by atoms with Crippen molar-refractivity contribution in [3.8, 4) is 11.5 Å². The van der Waals surface area contributed by atoms with Crippen molar-refractivity contribution >= 4 is 5.78 Å². The molecule has 0 N–H and O–H groups in total. The minimum absolute atomic E-state index is 0.111. The number of carbonyl (C=O) groups is 1. The highest BCUT2D eigenvalue weighted by molar-refractivity contribution is 5.97. The monoisotopic (exact) mass is 275 g/mol. The Hall–Kier alpha value is -2.43. The number of methoxy groups -OCH3 is 1. The fraction of sp³-hybridized carbons (Fsp3) is 0.200. The minimum atomic E-state index is -0.427. The number of benzene rings is 1. The molecule has 0 saturated carbocycles. The zero-order chi connectivity index (χ0) is 14.5. The Morgan fingerprint density at radius 3 is 2.75 bits per heavy atom. The van der Waals surface area contributed by atoms with E-state index < -0.39 is 5.82 Å². The maximum atomic E-state index is 13.0. The molecule has 1 aromatic carbocycles. The van der Waals surface area contributed by atoms with Crippen LogP contribution in [0.1, 0.15) is 22.8 Å². The van der Waals surface area contributed by atoms with E-state index in [9.17, 15) is 9.18 Å². The third kappa shape index (κ3) is 3.32. The Morgan fingerprint density at radius 2 is 2.10 bits per heavy atom. The van der Waals surface area contributed by atoms with Gasteiger partial charge >= 0.3 is 0 Å². The number of nitrogens with zero attached hydrogens (tertiary/aromatic N) is 1. The molecule has 0 spiro atoms. The van der Waals surface area contributed by atoms with Gasteiger partial charge in [-0.3, -0.25) is 9.78 Å². The Morgan fingerprint density at radius 1 is 1.30 bits per heavy atom. The first kappa shape index (κ1) is 14.0. The molecule has 1 aromatic heterocycles. The average Bonchev–Trinajstić information content (AvgIpc) is 2.44. The van der Waals surface area contributed by atoms with Crippen molar-refractivity contribution in [1.82, 2.24) is 4.98 Å². The largest absolute Gasteiger partial charge is 0.497 e. The lowest BCUT2D eigenvalue weighted by Gasteiger charge is -2.11. The van der Waals surface area contributed by atoms with Gasteiger partial charge in [0.25, 0.3) is 0 Å². The van der Waals surface area contributed by atoms with Crippen LogP contribution in [0.2, 0.25) is 0 Å². The van der Waals surface area contributed by atoms with E-state index in [2.05, 4.69) is 4.98 Å². The molecule has 0 aliphatic rings. The van der Waals surface area contributed by atoms with Gasteiger partial charge in [-0.1, -0.05) is 0 Å². The minimum Gasteiger partial charge on any atom is -0.497 e. The van der Waals surface area contributed by atoms with Crippen LogP contribution in [0.4, 0.5) is 4.39 Å². The zero-order valence-corrected chi connectivity index (χ0v) is 11.2. The van der Waals surface area contributed by atoms with Gasteiger partial charge < -0.3 is 9.47 Å². The van der Waals surface area contributed by atoms with Crippen molar-refractivity contribution in [3.63, 3.8) is 0 Å². The van der Waals surface area contributed by atoms with Gasteiger partial charge in [0.15, 0.2) is 5.78 Å². The molecule has 4 nitrogen and oxygen atoms in total. The molecular formula is C15H14FNO3. The number of ether oxygens (including phenoxy) is 2. The second-order valence-electron chi connectivity index (χ2n) is 4.22. The molecule has 0 fully saturated rings. The predicted octanol–water partition coefficient (Wildman–Crippen LogP) is 3.01. The second kappa shape index (κ2) is 6.14. The van der Waals surface area contributed by atoms with Crippen LogP contribution in [0.5, 0.6) is 11.5 Å². The van der Waals surface area contributed by atoms with Crippen molar-refractivity contribution in [2.24, 2.45) is 0 Å². The molecule has 20 heavy (non-hydrogen) atoms. The van der Waals surface area contributed by atoms with Gasteiger partial charge in [-0.05, 0) is 25.1 Å². The highest BCUT2D eigenvalue weighted by atomic mass is 19.1. The van der Waals surface area contributed by atoms with Crippen LogP contribution in [0.3, 0.4) is 0 Å². The summed E-state index contributed by atoms with van der Waals surface area (Å²) >= 11 is 0. The van der Waals surface area contributed by atoms with Gasteiger partial charge in [-0.2, -0.15) is 0 Å². The predicted molar refractivity (Wildman–Crippen MR) is 71.5 cm³/mol. The summed E-state index contributed by atoms with van der Waals surface area (Å²) < 4.78 is 23.7. The number of aromatic nitrogens is 1. The standard InChI is InChI=1S/C15H14FNO3/c1-10(18)14-4-3-13(19-2)6-15(14)20-9-11-5-12(16)8-17-7-11/h3-8H,9H2,1-2H3. The molecule has 5 heteroatoms. The molecule has 0 unspecified atom stereocenters. The first-order chi connectivity index (χ1) is 9.60. The third-order valence-electron chi connectivity index (χ3n) is 2.72. The van der Waals surface area contributed by atoms with E-state index in [-0.39, 0.29) is 12.4 Å². The Labute approximate surface area is 116 Å². The van der Waals surface area contributed by atoms with Crippen LogP contribution in [-0.4, -0.2) is 17.9 Å². The fourth-order valence-corrected chi connectivity index (χ4v) is 1.74. The number of hydrogen-bond donors (Lipinski definition) is 0. The highest BCUT2D eigenvalue weighted by Crippen LogP contribution is 2.26. The maximum absolute atomic E-state index is 13.0. The van der Waals surface area contributed by atoms with Crippen LogP contribution in [0.15, 0.2) is 36.7 Å². The fourth-order valence-electron chi connectivity index (χ4n) is 1.74. The van der Waals surface area contributed by atoms with E-state index in [0.29, 0.717) is 22.6 Å². The summed E-state index contributed by atoms with van der Waals surface area (Å²) in [6.45, 7) is 1.58. The van der Waals surface area contributed by atoms with Gasteiger partial charge in [-0.15, -0.1) is 0 Å². The maximum Gasteiger partial charge on any atom is 0.163 e. The third-order valence-corrected chi connectivity index (χ3v) is 2.72. The highest BCUT2D eigenvalue weighted by Gasteiger charge is 2.10. The van der Waals surface area contributed by atoms with Crippen LogP contribution >= 0.6 is 0 Å². The summed E-state index contributed by atoms with van der Waals surface area (Å²) in [4.78, 5) is 15.3.